The number of aromatic nitrogens is 2. The minimum Gasteiger partial charge on any atom is -0.420 e. The standard InChI is InChI=1S/C24H23ClF2N4O2/c25-24(26,27)33-18-5-3-17(4-6-18)29-22(32)16-2-7-21(19(14-16)20-8-12-28-30-20)31-13-11-23(15-31)9-1-10-23/h2-8,12,14H,1,9-11,13,15H2,(H,28,30)(H,29,32). The van der Waals surface area contributed by atoms with Crippen molar-refractivity contribution in [3.05, 3.63) is 60.3 Å². The van der Waals surface area contributed by atoms with E-state index in [1.54, 1.807) is 6.20 Å². The van der Waals surface area contributed by atoms with E-state index in [1.165, 1.54) is 49.9 Å². The summed E-state index contributed by atoms with van der Waals surface area (Å²) < 4.78 is 29.8. The summed E-state index contributed by atoms with van der Waals surface area (Å²) >= 11 is 4.78. The highest BCUT2D eigenvalue weighted by atomic mass is 35.5. The molecule has 0 radical (unpaired) electrons. The Bertz CT molecular complexity index is 1140. The molecule has 0 bridgehead atoms. The fraction of sp³-hybridized carbons (Fsp3) is 0.333. The number of nitrogens with zero attached hydrogens (tertiary/aromatic N) is 2. The van der Waals surface area contributed by atoms with Crippen LogP contribution in [0.2, 0.25) is 0 Å². The number of alkyl halides is 3. The van der Waals surface area contributed by atoms with E-state index in [-0.39, 0.29) is 11.7 Å². The monoisotopic (exact) mass is 472 g/mol. The zero-order valence-corrected chi connectivity index (χ0v) is 18.5. The van der Waals surface area contributed by atoms with Crippen LogP contribution in [0.1, 0.15) is 36.0 Å². The van der Waals surface area contributed by atoms with Gasteiger partial charge in [0.1, 0.15) is 5.75 Å². The number of aromatic amines is 1. The van der Waals surface area contributed by atoms with Gasteiger partial charge in [-0.2, -0.15) is 5.10 Å². The number of carbonyl (C=O) groups is 1. The van der Waals surface area contributed by atoms with Crippen LogP contribution in [0.3, 0.4) is 0 Å². The Hall–Kier alpha value is -3.13. The fourth-order valence-electron chi connectivity index (χ4n) is 4.74. The number of hydrogen-bond donors (Lipinski definition) is 2. The molecule has 0 unspecified atom stereocenters. The number of nitrogens with one attached hydrogen (secondary N) is 2. The number of amides is 1. The number of ether oxygens (including phenoxy) is 1. The molecular formula is C24H23ClF2N4O2. The first-order chi connectivity index (χ1) is 15.8. The van der Waals surface area contributed by atoms with E-state index >= 15 is 0 Å². The molecule has 1 saturated heterocycles. The molecule has 2 N–H and O–H groups in total. The van der Waals surface area contributed by atoms with Gasteiger partial charge in [-0.25, -0.2) is 0 Å². The molecule has 6 nitrogen and oxygen atoms in total. The average Bonchev–Trinajstić information content (AvgIpc) is 3.44. The summed E-state index contributed by atoms with van der Waals surface area (Å²) in [5.41, 5.74) is 0.441. The minimum absolute atomic E-state index is 0.103. The number of halogens is 3. The third-order valence-corrected chi connectivity index (χ3v) is 6.67. The van der Waals surface area contributed by atoms with Gasteiger partial charge in [0, 0.05) is 53.4 Å². The van der Waals surface area contributed by atoms with E-state index in [0.717, 1.165) is 30.0 Å². The smallest absolute Gasteiger partial charge is 0.420 e. The molecule has 3 aromatic rings. The van der Waals surface area contributed by atoms with E-state index in [9.17, 15) is 13.6 Å². The highest BCUT2D eigenvalue weighted by molar-refractivity contribution is 6.20. The Morgan fingerprint density at radius 2 is 1.94 bits per heavy atom. The molecule has 33 heavy (non-hydrogen) atoms. The Morgan fingerprint density at radius 1 is 1.15 bits per heavy atom. The number of anilines is 2. The highest BCUT2D eigenvalue weighted by Crippen LogP contribution is 2.49. The predicted molar refractivity (Wildman–Crippen MR) is 123 cm³/mol. The summed E-state index contributed by atoms with van der Waals surface area (Å²) in [7, 11) is 0. The predicted octanol–water partition coefficient (Wildman–Crippen LogP) is 5.88. The molecule has 1 aromatic heterocycles. The zero-order chi connectivity index (χ0) is 23.1. The molecule has 9 heteroatoms. The zero-order valence-electron chi connectivity index (χ0n) is 17.8. The molecule has 5 rings (SSSR count). The van der Waals surface area contributed by atoms with Crippen LogP contribution in [0.15, 0.2) is 54.7 Å². The van der Waals surface area contributed by atoms with Crippen LogP contribution >= 0.6 is 11.6 Å². The van der Waals surface area contributed by atoms with Crippen molar-refractivity contribution in [2.45, 2.75) is 31.3 Å². The lowest BCUT2D eigenvalue weighted by atomic mass is 9.68. The Labute approximate surface area is 194 Å². The van der Waals surface area contributed by atoms with Crippen molar-refractivity contribution in [2.24, 2.45) is 5.41 Å². The third-order valence-electron chi connectivity index (χ3n) is 6.59. The van der Waals surface area contributed by atoms with Crippen LogP contribution in [0.25, 0.3) is 11.3 Å². The number of benzene rings is 2. The highest BCUT2D eigenvalue weighted by Gasteiger charge is 2.43. The lowest BCUT2D eigenvalue weighted by Crippen LogP contribution is -2.33. The first-order valence-corrected chi connectivity index (χ1v) is 11.2. The normalized spacial score (nSPS) is 17.1. The molecule has 0 atom stereocenters. The minimum atomic E-state index is -3.79. The number of carbonyl (C=O) groups excluding carboxylic acids is 1. The van der Waals surface area contributed by atoms with Crippen LogP contribution in [-0.4, -0.2) is 34.8 Å². The third kappa shape index (κ3) is 4.66. The van der Waals surface area contributed by atoms with E-state index in [1.807, 2.05) is 24.3 Å². The van der Waals surface area contributed by atoms with Crippen LogP contribution in [0.5, 0.6) is 5.75 Å². The van der Waals surface area contributed by atoms with Crippen LogP contribution in [0.4, 0.5) is 20.2 Å². The van der Waals surface area contributed by atoms with Gasteiger partial charge in [0.25, 0.3) is 5.91 Å². The molecule has 1 aliphatic carbocycles. The lowest BCUT2D eigenvalue weighted by Gasteiger charge is -2.38. The summed E-state index contributed by atoms with van der Waals surface area (Å²) in [6.45, 7) is 2.04. The first kappa shape index (κ1) is 21.7. The summed E-state index contributed by atoms with van der Waals surface area (Å²) in [4.78, 5) is 15.3. The molecule has 2 fully saturated rings. The maximum atomic E-state index is 12.9. The summed E-state index contributed by atoms with van der Waals surface area (Å²) in [6.07, 6.45) is 6.78. The molecule has 2 aromatic carbocycles. The molecule has 1 spiro atoms. The first-order valence-electron chi connectivity index (χ1n) is 10.9. The molecule has 1 aliphatic heterocycles. The molecule has 2 heterocycles. The summed E-state index contributed by atoms with van der Waals surface area (Å²) in [6, 6.07) is 13.1. The van der Waals surface area contributed by atoms with Crippen LogP contribution < -0.4 is 15.0 Å². The van der Waals surface area contributed by atoms with Crippen molar-refractivity contribution < 1.29 is 18.3 Å². The molecular weight excluding hydrogens is 450 g/mol. The van der Waals surface area contributed by atoms with Gasteiger partial charge in [0.05, 0.1) is 5.69 Å². The summed E-state index contributed by atoms with van der Waals surface area (Å²) in [5.74, 6) is -0.413. The van der Waals surface area contributed by atoms with Crippen molar-refractivity contribution >= 4 is 28.9 Å². The van der Waals surface area contributed by atoms with Crippen molar-refractivity contribution in [1.29, 1.82) is 0 Å². The largest absolute Gasteiger partial charge is 0.487 e. The second kappa shape index (κ2) is 8.33. The van der Waals surface area contributed by atoms with Crippen molar-refractivity contribution in [2.75, 3.05) is 23.3 Å². The van der Waals surface area contributed by atoms with Crippen LogP contribution in [-0.2, 0) is 0 Å². The second-order valence-electron chi connectivity index (χ2n) is 8.75. The number of rotatable bonds is 6. The van der Waals surface area contributed by atoms with E-state index < -0.39 is 5.57 Å². The van der Waals surface area contributed by atoms with E-state index in [2.05, 4.69) is 25.2 Å². The number of hydrogen-bond acceptors (Lipinski definition) is 4. The Kier molecular flexibility index (Phi) is 5.48. The molecule has 1 saturated carbocycles. The fourth-order valence-corrected chi connectivity index (χ4v) is 4.83. The summed E-state index contributed by atoms with van der Waals surface area (Å²) in [5, 5.41) is 9.88. The maximum absolute atomic E-state index is 12.9. The van der Waals surface area contributed by atoms with E-state index in [4.69, 9.17) is 11.6 Å². The topological polar surface area (TPSA) is 70.2 Å². The maximum Gasteiger partial charge on any atom is 0.487 e. The van der Waals surface area contributed by atoms with Gasteiger partial charge >= 0.3 is 5.57 Å². The Morgan fingerprint density at radius 3 is 2.55 bits per heavy atom. The van der Waals surface area contributed by atoms with Crippen molar-refractivity contribution in [3.63, 3.8) is 0 Å². The van der Waals surface area contributed by atoms with Gasteiger partial charge in [-0.1, -0.05) is 6.42 Å². The van der Waals surface area contributed by atoms with Crippen molar-refractivity contribution in [3.8, 4) is 17.0 Å². The average molecular weight is 473 g/mol. The quantitative estimate of drug-likeness (QED) is 0.440. The second-order valence-corrected chi connectivity index (χ2v) is 9.19. The SMILES string of the molecule is O=C(Nc1ccc(OC(F)(F)Cl)cc1)c1ccc(N2CCC3(CCC3)C2)c(-c2ccn[nH]2)c1. The molecule has 2 aliphatic rings. The Balaban J connectivity index is 1.36. The lowest BCUT2D eigenvalue weighted by molar-refractivity contribution is -0.0964. The van der Waals surface area contributed by atoms with Crippen molar-refractivity contribution in [1.82, 2.24) is 10.2 Å². The van der Waals surface area contributed by atoms with Crippen LogP contribution in [0, 0.1) is 5.41 Å². The number of H-pyrrole nitrogens is 1. The molecule has 172 valence electrons. The van der Waals surface area contributed by atoms with E-state index in [0.29, 0.717) is 16.7 Å². The van der Waals surface area contributed by atoms with Gasteiger partial charge in [-0.15, -0.1) is 8.78 Å². The molecule has 1 amide bonds. The van der Waals surface area contributed by atoms with Gasteiger partial charge in [0.15, 0.2) is 0 Å². The van der Waals surface area contributed by atoms with Gasteiger partial charge in [-0.3, -0.25) is 9.89 Å². The van der Waals surface area contributed by atoms with Gasteiger partial charge in [-0.05, 0) is 73.2 Å². The van der Waals surface area contributed by atoms with Gasteiger partial charge < -0.3 is 15.0 Å². The van der Waals surface area contributed by atoms with Gasteiger partial charge in [0.2, 0.25) is 0 Å².